The van der Waals surface area contributed by atoms with Gasteiger partial charge in [-0.3, -0.25) is 9.79 Å². The summed E-state index contributed by atoms with van der Waals surface area (Å²) in [4.78, 5) is 16.3. The Morgan fingerprint density at radius 2 is 1.89 bits per heavy atom. The number of fused-ring (bicyclic) bond motifs is 4. The molecule has 1 atom stereocenters. The van der Waals surface area contributed by atoms with Crippen molar-refractivity contribution in [3.8, 4) is 0 Å². The zero-order valence-corrected chi connectivity index (χ0v) is 22.9. The van der Waals surface area contributed by atoms with E-state index in [9.17, 15) is 9.90 Å². The molecule has 1 aliphatic carbocycles. The summed E-state index contributed by atoms with van der Waals surface area (Å²) < 4.78 is 0. The molecule has 0 aliphatic heterocycles. The molecular weight excluding hydrogens is 472 g/mol. The number of hydrogen-bond donors (Lipinski definition) is 3. The maximum atomic E-state index is 12.5. The van der Waals surface area contributed by atoms with Crippen LogP contribution in [0.2, 0.25) is 0 Å². The van der Waals surface area contributed by atoms with Crippen LogP contribution in [-0.2, 0) is 16.8 Å². The van der Waals surface area contributed by atoms with Crippen LogP contribution in [0.5, 0.6) is 0 Å². The van der Waals surface area contributed by atoms with E-state index < -0.39 is 5.60 Å². The highest BCUT2D eigenvalue weighted by Crippen LogP contribution is 2.41. The second-order valence-corrected chi connectivity index (χ2v) is 9.77. The Bertz CT molecular complexity index is 1340. The van der Waals surface area contributed by atoms with Gasteiger partial charge in [0.25, 0.3) is 0 Å². The minimum atomic E-state index is -1.44. The lowest BCUT2D eigenvalue weighted by atomic mass is 9.79. The molecule has 0 aromatic heterocycles. The van der Waals surface area contributed by atoms with Gasteiger partial charge in [0.15, 0.2) is 0 Å². The van der Waals surface area contributed by atoms with Crippen LogP contribution in [0.1, 0.15) is 48.6 Å². The number of benzene rings is 2. The van der Waals surface area contributed by atoms with Gasteiger partial charge < -0.3 is 15.5 Å². The quantitative estimate of drug-likeness (QED) is 0.174. The summed E-state index contributed by atoms with van der Waals surface area (Å²) >= 11 is 0. The number of anilines is 1. The third kappa shape index (κ3) is 6.36. The minimum Gasteiger partial charge on any atom is -0.392 e. The van der Waals surface area contributed by atoms with Crippen LogP contribution in [0.3, 0.4) is 0 Å². The molecule has 0 fully saturated rings. The van der Waals surface area contributed by atoms with Gasteiger partial charge in [-0.25, -0.2) is 0 Å². The van der Waals surface area contributed by atoms with Gasteiger partial charge in [-0.15, -0.1) is 0 Å². The van der Waals surface area contributed by atoms with E-state index in [0.29, 0.717) is 17.6 Å². The Morgan fingerprint density at radius 3 is 2.58 bits per heavy atom. The zero-order valence-electron chi connectivity index (χ0n) is 22.9. The number of nitrogens with one attached hydrogen (secondary N) is 1. The van der Waals surface area contributed by atoms with Crippen molar-refractivity contribution in [3.05, 3.63) is 118 Å². The Kier molecular flexibility index (Phi) is 9.94. The van der Waals surface area contributed by atoms with Gasteiger partial charge >= 0.3 is 0 Å². The summed E-state index contributed by atoms with van der Waals surface area (Å²) in [5.41, 5.74) is 6.09. The summed E-state index contributed by atoms with van der Waals surface area (Å²) in [6.45, 7) is 8.02. The number of rotatable bonds is 8. The van der Waals surface area contributed by atoms with E-state index in [-0.39, 0.29) is 12.5 Å². The van der Waals surface area contributed by atoms with Crippen molar-refractivity contribution in [2.24, 2.45) is 10.9 Å². The van der Waals surface area contributed by atoms with Gasteiger partial charge in [0.05, 0.1) is 6.61 Å². The SMILES string of the molecule is CNc1ccc2cc1C(=C\C=O)/C(/C=C\C=CCO)=C/Cc1cc(ccc1C)C2(O)/C(C)=C/N=CC(C)C. The Hall–Kier alpha value is -3.80. The summed E-state index contributed by atoms with van der Waals surface area (Å²) in [5, 5.41) is 24.8. The van der Waals surface area contributed by atoms with Crippen molar-refractivity contribution in [1.29, 1.82) is 0 Å². The molecule has 1 unspecified atom stereocenters. The molecule has 4 bridgehead atoms. The maximum absolute atomic E-state index is 12.5. The second-order valence-electron chi connectivity index (χ2n) is 9.77. The Balaban J connectivity index is 2.39. The number of allylic oxidation sites excluding steroid dienone is 7. The fourth-order valence-corrected chi connectivity index (χ4v) is 4.56. The average Bonchev–Trinajstić information content (AvgIpc) is 2.91. The molecule has 1 aliphatic rings. The lowest BCUT2D eigenvalue weighted by Crippen LogP contribution is -2.29. The first kappa shape index (κ1) is 28.8. The van der Waals surface area contributed by atoms with Crippen LogP contribution in [0.25, 0.3) is 5.57 Å². The van der Waals surface area contributed by atoms with Crippen LogP contribution in [0, 0.1) is 12.8 Å². The van der Waals surface area contributed by atoms with Crippen LogP contribution in [0.4, 0.5) is 5.69 Å². The van der Waals surface area contributed by atoms with Crippen molar-refractivity contribution < 1.29 is 15.0 Å². The Morgan fingerprint density at radius 1 is 1.16 bits per heavy atom. The predicted octanol–water partition coefficient (Wildman–Crippen LogP) is 6.07. The molecule has 5 heteroatoms. The third-order valence-corrected chi connectivity index (χ3v) is 6.70. The topological polar surface area (TPSA) is 81.9 Å². The van der Waals surface area contributed by atoms with E-state index in [1.807, 2.05) is 62.7 Å². The monoisotopic (exact) mass is 510 g/mol. The summed E-state index contributed by atoms with van der Waals surface area (Å²) in [6, 6.07) is 11.9. The van der Waals surface area contributed by atoms with Crippen molar-refractivity contribution in [2.75, 3.05) is 19.0 Å². The number of carbonyl (C=O) groups is 1. The summed E-state index contributed by atoms with van der Waals surface area (Å²) in [7, 11) is 1.84. The number of aliphatic hydroxyl groups excluding tert-OH is 1. The standard InChI is InChI=1S/C33H38N2O3/c1-23(2)21-35-22-25(4)33(38)28-13-10-24(3)27(19-28)12-11-26(9-7-6-8-17-36)30(16-18-37)31-20-29(33)14-15-32(31)34-5/h6-11,13-16,18-23,34,36,38H,12,17H2,1-5H3/b8-6?,9-7-,25-22+,26-11+,30-16-,35-21?. The summed E-state index contributed by atoms with van der Waals surface area (Å²) in [6.07, 6.45) is 15.8. The molecule has 38 heavy (non-hydrogen) atoms. The molecule has 2 aromatic carbocycles. The Labute approximate surface area is 226 Å². The molecule has 2 aromatic rings. The minimum absolute atomic E-state index is 0.0506. The molecule has 0 saturated carbocycles. The molecule has 0 radical (unpaired) electrons. The fraction of sp³-hybridized carbons (Fsp3) is 0.273. The van der Waals surface area contributed by atoms with Crippen molar-refractivity contribution >= 4 is 23.8 Å². The van der Waals surface area contributed by atoms with Crippen LogP contribution >= 0.6 is 0 Å². The molecule has 0 amide bonds. The molecule has 3 N–H and O–H groups in total. The number of aryl methyl sites for hydroxylation is 1. The van der Waals surface area contributed by atoms with Crippen LogP contribution in [-0.4, -0.2) is 36.4 Å². The van der Waals surface area contributed by atoms with E-state index in [2.05, 4.69) is 43.2 Å². The molecule has 0 spiro atoms. The number of aliphatic imine (C=N–C) groups is 1. The highest BCUT2D eigenvalue weighted by Gasteiger charge is 2.35. The van der Waals surface area contributed by atoms with E-state index in [1.54, 1.807) is 24.4 Å². The van der Waals surface area contributed by atoms with E-state index in [0.717, 1.165) is 45.4 Å². The molecule has 0 heterocycles. The number of hydrogen-bond acceptors (Lipinski definition) is 5. The zero-order chi connectivity index (χ0) is 27.7. The van der Waals surface area contributed by atoms with Crippen molar-refractivity contribution in [1.82, 2.24) is 0 Å². The number of aldehydes is 1. The summed E-state index contributed by atoms with van der Waals surface area (Å²) in [5.74, 6) is 0.287. The lowest BCUT2D eigenvalue weighted by Gasteiger charge is -2.32. The lowest BCUT2D eigenvalue weighted by molar-refractivity contribution is -0.104. The van der Waals surface area contributed by atoms with Gasteiger partial charge in [-0.05, 0) is 83.4 Å². The molecule has 5 nitrogen and oxygen atoms in total. The smallest absolute Gasteiger partial charge is 0.143 e. The molecular formula is C33H38N2O3. The number of nitrogens with zero attached hydrogens (tertiary/aromatic N) is 1. The second kappa shape index (κ2) is 13.1. The number of aliphatic hydroxyl groups is 2. The highest BCUT2D eigenvalue weighted by atomic mass is 16.3. The van der Waals surface area contributed by atoms with Gasteiger partial charge in [0.1, 0.15) is 11.9 Å². The molecule has 0 saturated heterocycles. The predicted molar refractivity (Wildman–Crippen MR) is 158 cm³/mol. The van der Waals surface area contributed by atoms with E-state index >= 15 is 0 Å². The van der Waals surface area contributed by atoms with Crippen molar-refractivity contribution in [3.63, 3.8) is 0 Å². The van der Waals surface area contributed by atoms with E-state index in [1.165, 1.54) is 0 Å². The first-order chi connectivity index (χ1) is 18.3. The third-order valence-electron chi connectivity index (χ3n) is 6.70. The van der Waals surface area contributed by atoms with Crippen molar-refractivity contribution in [2.45, 2.75) is 39.7 Å². The van der Waals surface area contributed by atoms with Gasteiger partial charge in [-0.1, -0.05) is 68.5 Å². The highest BCUT2D eigenvalue weighted by molar-refractivity contribution is 5.95. The molecule has 3 rings (SSSR count). The maximum Gasteiger partial charge on any atom is 0.143 e. The fourth-order valence-electron chi connectivity index (χ4n) is 4.56. The normalized spacial score (nSPS) is 20.8. The van der Waals surface area contributed by atoms with Gasteiger partial charge in [0.2, 0.25) is 0 Å². The first-order valence-electron chi connectivity index (χ1n) is 12.9. The average molecular weight is 511 g/mol. The van der Waals surface area contributed by atoms with Gasteiger partial charge in [-0.2, -0.15) is 0 Å². The largest absolute Gasteiger partial charge is 0.392 e. The van der Waals surface area contributed by atoms with E-state index in [4.69, 9.17) is 5.11 Å². The van der Waals surface area contributed by atoms with Gasteiger partial charge in [0, 0.05) is 30.7 Å². The first-order valence-corrected chi connectivity index (χ1v) is 12.9. The number of carbonyl (C=O) groups excluding carboxylic acids is 1. The van der Waals surface area contributed by atoms with Crippen LogP contribution < -0.4 is 5.32 Å². The van der Waals surface area contributed by atoms with Crippen LogP contribution in [0.15, 0.2) is 95.2 Å². The molecule has 198 valence electrons.